The van der Waals surface area contributed by atoms with Gasteiger partial charge in [0.2, 0.25) is 23.5 Å². The maximum Gasteiger partial charge on any atom is 0.289 e. The number of hydrogen-bond acceptors (Lipinski definition) is 8. The van der Waals surface area contributed by atoms with Gasteiger partial charge in [0.15, 0.2) is 5.01 Å². The summed E-state index contributed by atoms with van der Waals surface area (Å²) in [4.78, 5) is 87.8. The molecule has 3 aliphatic rings. The second kappa shape index (κ2) is 16.6. The first-order valence-corrected chi connectivity index (χ1v) is 19.0. The third-order valence-corrected chi connectivity index (χ3v) is 11.4. The Morgan fingerprint density at radius 1 is 1.04 bits per heavy atom. The van der Waals surface area contributed by atoms with Crippen LogP contribution in [0.15, 0.2) is 24.2 Å². The minimum atomic E-state index is -1.02. The number of amides is 5. The molecule has 0 bridgehead atoms. The number of nitrogens with zero attached hydrogens (tertiary/aromatic N) is 2. The SMILES string of the molecule is C=CCNC(=O)C(=O)C(CC1CC1)NC(=O)[C@@H]1C(C(C)C)CCN1C(=O)[C@@H](NC(=O)[C@@H](NC(=O)c1nccs1)C1(C)CCCCC1)C(C)(C)C. The summed E-state index contributed by atoms with van der Waals surface area (Å²) >= 11 is 1.19. The zero-order valence-corrected chi connectivity index (χ0v) is 31.3. The van der Waals surface area contributed by atoms with Crippen LogP contribution in [0.2, 0.25) is 0 Å². The van der Waals surface area contributed by atoms with E-state index in [2.05, 4.69) is 32.8 Å². The summed E-state index contributed by atoms with van der Waals surface area (Å²) in [6.45, 7) is 15.6. The molecule has 12 nitrogen and oxygen atoms in total. The van der Waals surface area contributed by atoms with Crippen LogP contribution in [0.5, 0.6) is 0 Å². The van der Waals surface area contributed by atoms with Gasteiger partial charge < -0.3 is 26.2 Å². The molecule has 1 aliphatic heterocycles. The van der Waals surface area contributed by atoms with Gasteiger partial charge in [-0.1, -0.05) is 79.7 Å². The van der Waals surface area contributed by atoms with E-state index in [1.807, 2.05) is 41.5 Å². The number of hydrogen-bond donors (Lipinski definition) is 4. The molecule has 50 heavy (non-hydrogen) atoms. The first kappa shape index (κ1) is 39.2. The van der Waals surface area contributed by atoms with E-state index in [4.69, 9.17) is 0 Å². The van der Waals surface area contributed by atoms with E-state index in [9.17, 15) is 28.8 Å². The summed E-state index contributed by atoms with van der Waals surface area (Å²) in [6.07, 6.45) is 10.2. The first-order valence-electron chi connectivity index (χ1n) is 18.1. The molecule has 0 aromatic carbocycles. The lowest BCUT2D eigenvalue weighted by molar-refractivity contribution is -0.146. The van der Waals surface area contributed by atoms with Gasteiger partial charge >= 0.3 is 0 Å². The summed E-state index contributed by atoms with van der Waals surface area (Å²) in [7, 11) is 0. The van der Waals surface area contributed by atoms with Crippen molar-refractivity contribution in [3.05, 3.63) is 29.2 Å². The molecular weight excluding hydrogens is 657 g/mol. The Morgan fingerprint density at radius 3 is 2.28 bits per heavy atom. The Kier molecular flexibility index (Phi) is 13.0. The van der Waals surface area contributed by atoms with Gasteiger partial charge in [-0.05, 0) is 54.3 Å². The number of carbonyl (C=O) groups is 6. The zero-order valence-electron chi connectivity index (χ0n) is 30.5. The predicted molar refractivity (Wildman–Crippen MR) is 192 cm³/mol. The third-order valence-electron chi connectivity index (χ3n) is 10.6. The van der Waals surface area contributed by atoms with E-state index in [0.29, 0.717) is 19.4 Å². The van der Waals surface area contributed by atoms with Gasteiger partial charge in [0.25, 0.3) is 11.8 Å². The van der Waals surface area contributed by atoms with E-state index in [1.54, 1.807) is 11.6 Å². The van der Waals surface area contributed by atoms with Crippen molar-refractivity contribution in [2.24, 2.45) is 28.6 Å². The Morgan fingerprint density at radius 2 is 1.72 bits per heavy atom. The highest BCUT2D eigenvalue weighted by molar-refractivity contribution is 7.11. The summed E-state index contributed by atoms with van der Waals surface area (Å²) in [5, 5.41) is 13.3. The summed E-state index contributed by atoms with van der Waals surface area (Å²) in [6, 6.07) is -3.83. The van der Waals surface area contributed by atoms with Crippen LogP contribution in [-0.2, 0) is 24.0 Å². The van der Waals surface area contributed by atoms with Crippen LogP contribution in [0.4, 0.5) is 0 Å². The van der Waals surface area contributed by atoms with E-state index in [-0.39, 0.29) is 29.3 Å². The molecule has 4 N–H and O–H groups in total. The molecule has 2 unspecified atom stereocenters. The highest BCUT2D eigenvalue weighted by Crippen LogP contribution is 2.40. The molecule has 1 aromatic heterocycles. The van der Waals surface area contributed by atoms with Crippen LogP contribution in [0, 0.1) is 28.6 Å². The Balaban J connectivity index is 1.59. The lowest BCUT2D eigenvalue weighted by Gasteiger charge is -2.42. The number of aromatic nitrogens is 1. The lowest BCUT2D eigenvalue weighted by atomic mass is 9.70. The smallest absolute Gasteiger partial charge is 0.289 e. The zero-order chi connectivity index (χ0) is 36.8. The molecule has 13 heteroatoms. The van der Waals surface area contributed by atoms with Gasteiger partial charge in [-0.2, -0.15) is 0 Å². The van der Waals surface area contributed by atoms with Gasteiger partial charge in [0.05, 0.1) is 6.04 Å². The molecule has 5 amide bonds. The fraction of sp³-hybridized carbons (Fsp3) is 0.703. The molecule has 0 radical (unpaired) electrons. The molecule has 3 fully saturated rings. The van der Waals surface area contributed by atoms with Crippen LogP contribution in [0.3, 0.4) is 0 Å². The highest BCUT2D eigenvalue weighted by Gasteiger charge is 2.49. The normalized spacial score (nSPS) is 22.2. The van der Waals surface area contributed by atoms with Crippen molar-refractivity contribution < 1.29 is 28.8 Å². The van der Waals surface area contributed by atoms with Gasteiger partial charge in [0.1, 0.15) is 18.1 Å². The van der Waals surface area contributed by atoms with E-state index in [0.717, 1.165) is 44.9 Å². The lowest BCUT2D eigenvalue weighted by Crippen LogP contribution is -2.63. The van der Waals surface area contributed by atoms with E-state index < -0.39 is 70.3 Å². The van der Waals surface area contributed by atoms with Gasteiger partial charge in [0, 0.05) is 24.7 Å². The fourth-order valence-electron chi connectivity index (χ4n) is 7.46. The predicted octanol–water partition coefficient (Wildman–Crippen LogP) is 3.77. The quantitative estimate of drug-likeness (QED) is 0.159. The average molecular weight is 713 g/mol. The number of nitrogens with one attached hydrogen (secondary N) is 4. The molecule has 1 saturated heterocycles. The van der Waals surface area contributed by atoms with Crippen LogP contribution < -0.4 is 21.3 Å². The number of likely N-dealkylation sites (tertiary alicyclic amines) is 1. The molecule has 1 aromatic rings. The Hall–Kier alpha value is -3.61. The van der Waals surface area contributed by atoms with Crippen LogP contribution in [0.1, 0.15) is 109 Å². The first-order chi connectivity index (χ1) is 23.6. The molecule has 0 spiro atoms. The Bertz CT molecular complexity index is 1410. The summed E-state index contributed by atoms with van der Waals surface area (Å²) < 4.78 is 0. The molecule has 2 saturated carbocycles. The molecule has 4 rings (SSSR count). The number of Topliss-reactive ketones (excluding diaryl/α,β-unsaturated/α-hetero) is 1. The molecule has 5 atom stereocenters. The Labute approximate surface area is 300 Å². The average Bonchev–Trinajstić information content (AvgIpc) is 3.50. The van der Waals surface area contributed by atoms with Crippen LogP contribution in [0.25, 0.3) is 0 Å². The maximum atomic E-state index is 14.6. The summed E-state index contributed by atoms with van der Waals surface area (Å²) in [5.41, 5.74) is -1.28. The number of thiazole rings is 1. The highest BCUT2D eigenvalue weighted by atomic mass is 32.1. The molecule has 2 aliphatic carbocycles. The number of carbonyl (C=O) groups excluding carboxylic acids is 6. The van der Waals surface area contributed by atoms with Gasteiger partial charge in [-0.3, -0.25) is 28.8 Å². The molecule has 2 heterocycles. The number of ketones is 1. The standard InChI is InChI=1S/C37H56N6O6S/c1-8-17-38-31(46)27(44)25(21-23-12-13-23)40-30(45)26-24(22(2)3)14-19-43(26)35(49)29(36(4,5)6)42-32(47)28(37(7)15-10-9-11-16-37)41-33(48)34-39-18-20-50-34/h8,18,20,22-26,28-29H,1,9-17,19,21H2,2-7H3,(H,38,46)(H,40,45)(H,41,48)(H,42,47)/t24?,25?,26-,28+,29+/m0/s1. The largest absolute Gasteiger partial charge is 0.346 e. The van der Waals surface area contributed by atoms with E-state index in [1.165, 1.54) is 22.3 Å². The third kappa shape index (κ3) is 9.58. The van der Waals surface area contributed by atoms with Crippen molar-refractivity contribution in [3.63, 3.8) is 0 Å². The minimum Gasteiger partial charge on any atom is -0.346 e. The monoisotopic (exact) mass is 712 g/mol. The molecular formula is C37H56N6O6S. The fourth-order valence-corrected chi connectivity index (χ4v) is 7.99. The molecule has 276 valence electrons. The minimum absolute atomic E-state index is 0.0383. The maximum absolute atomic E-state index is 14.6. The van der Waals surface area contributed by atoms with E-state index >= 15 is 0 Å². The second-order valence-corrected chi connectivity index (χ2v) is 16.9. The van der Waals surface area contributed by atoms with Crippen LogP contribution >= 0.6 is 11.3 Å². The van der Waals surface area contributed by atoms with Crippen LogP contribution in [-0.4, -0.2) is 82.5 Å². The van der Waals surface area contributed by atoms with Crippen molar-refractivity contribution in [1.82, 2.24) is 31.2 Å². The van der Waals surface area contributed by atoms with Gasteiger partial charge in [-0.25, -0.2) is 4.98 Å². The summed E-state index contributed by atoms with van der Waals surface area (Å²) in [5.74, 6) is -3.18. The van der Waals surface area contributed by atoms with Crippen molar-refractivity contribution in [1.29, 1.82) is 0 Å². The number of rotatable bonds is 15. The van der Waals surface area contributed by atoms with Crippen molar-refractivity contribution >= 4 is 46.7 Å². The van der Waals surface area contributed by atoms with Crippen molar-refractivity contribution in [2.45, 2.75) is 123 Å². The topological polar surface area (TPSA) is 167 Å². The van der Waals surface area contributed by atoms with Crippen molar-refractivity contribution in [3.8, 4) is 0 Å². The second-order valence-electron chi connectivity index (χ2n) is 16.0. The van der Waals surface area contributed by atoms with Crippen molar-refractivity contribution in [2.75, 3.05) is 13.1 Å². The van der Waals surface area contributed by atoms with Gasteiger partial charge in [-0.15, -0.1) is 17.9 Å².